The summed E-state index contributed by atoms with van der Waals surface area (Å²) in [6.45, 7) is 7.57. The highest BCUT2D eigenvalue weighted by atomic mass is 16.7. The van der Waals surface area contributed by atoms with Gasteiger partial charge in [0.2, 0.25) is 0 Å². The first kappa shape index (κ1) is 23.4. The number of cyclic esters (lactones) is 2. The van der Waals surface area contributed by atoms with E-state index in [-0.39, 0.29) is 29.5 Å². The molecule has 1 saturated carbocycles. The van der Waals surface area contributed by atoms with E-state index < -0.39 is 34.5 Å². The van der Waals surface area contributed by atoms with E-state index in [0.29, 0.717) is 50.5 Å². The summed E-state index contributed by atoms with van der Waals surface area (Å²) in [5, 5.41) is 12.0. The maximum atomic E-state index is 13.7. The van der Waals surface area contributed by atoms with Crippen LogP contribution in [-0.4, -0.2) is 45.9 Å². The minimum Gasteiger partial charge on any atom is -0.454 e. The topological polar surface area (TPSA) is 99.1 Å². The van der Waals surface area contributed by atoms with E-state index in [0.717, 1.165) is 18.4 Å². The fourth-order valence-corrected chi connectivity index (χ4v) is 8.47. The van der Waals surface area contributed by atoms with Crippen molar-refractivity contribution >= 4 is 17.7 Å². The number of fused-ring (bicyclic) bond motifs is 5. The molecule has 4 aliphatic heterocycles. The monoisotopic (exact) mass is 484 g/mol. The summed E-state index contributed by atoms with van der Waals surface area (Å²) in [5.41, 5.74) is -0.232. The number of carbonyl (C=O) groups excluding carboxylic acids is 3. The minimum absolute atomic E-state index is 0.0848. The van der Waals surface area contributed by atoms with Gasteiger partial charge in [0.25, 0.3) is 0 Å². The van der Waals surface area contributed by atoms with Crippen molar-refractivity contribution in [3.8, 4) is 0 Å². The molecule has 0 aromatic heterocycles. The van der Waals surface area contributed by atoms with E-state index in [1.54, 1.807) is 6.92 Å². The van der Waals surface area contributed by atoms with Crippen LogP contribution in [0.4, 0.5) is 0 Å². The van der Waals surface area contributed by atoms with Crippen LogP contribution in [-0.2, 0) is 28.6 Å². The Morgan fingerprint density at radius 2 is 1.80 bits per heavy atom. The maximum absolute atomic E-state index is 13.7. The summed E-state index contributed by atoms with van der Waals surface area (Å²) < 4.78 is 18.4. The molecule has 0 amide bonds. The molecule has 1 N–H and O–H groups in total. The molecule has 6 aliphatic rings. The van der Waals surface area contributed by atoms with Gasteiger partial charge in [-0.05, 0) is 72.1 Å². The number of ketones is 1. The zero-order valence-electron chi connectivity index (χ0n) is 21.1. The number of aliphatic hydroxyl groups is 1. The van der Waals surface area contributed by atoms with Crippen molar-refractivity contribution in [3.05, 3.63) is 22.8 Å². The fraction of sp³-hybridized carbons (Fsp3) is 0.750. The Labute approximate surface area is 206 Å². The van der Waals surface area contributed by atoms with Gasteiger partial charge in [-0.25, -0.2) is 9.59 Å². The summed E-state index contributed by atoms with van der Waals surface area (Å²) in [6, 6.07) is 0. The van der Waals surface area contributed by atoms with Crippen LogP contribution in [0.15, 0.2) is 22.8 Å². The van der Waals surface area contributed by atoms with Crippen LogP contribution in [0.1, 0.15) is 85.5 Å². The molecule has 0 radical (unpaired) electrons. The van der Waals surface area contributed by atoms with Gasteiger partial charge in [-0.3, -0.25) is 4.79 Å². The Hall–Kier alpha value is -1.99. The molecule has 0 unspecified atom stereocenters. The number of rotatable bonds is 1. The molecule has 190 valence electrons. The smallest absolute Gasteiger partial charge is 0.339 e. The van der Waals surface area contributed by atoms with E-state index in [4.69, 9.17) is 14.2 Å². The van der Waals surface area contributed by atoms with Crippen LogP contribution in [0.25, 0.3) is 0 Å². The molecule has 7 nitrogen and oxygen atoms in total. The number of carbonyl (C=O) groups is 3. The van der Waals surface area contributed by atoms with Gasteiger partial charge in [0.05, 0.1) is 5.41 Å². The van der Waals surface area contributed by atoms with Gasteiger partial charge in [-0.1, -0.05) is 17.2 Å². The predicted molar refractivity (Wildman–Crippen MR) is 125 cm³/mol. The van der Waals surface area contributed by atoms with Gasteiger partial charge in [-0.2, -0.15) is 0 Å². The lowest BCUT2D eigenvalue weighted by atomic mass is 9.54. The summed E-state index contributed by atoms with van der Waals surface area (Å²) >= 11 is 0. The molecule has 2 bridgehead atoms. The highest BCUT2D eigenvalue weighted by molar-refractivity contribution is 5.90. The average Bonchev–Trinajstić information content (AvgIpc) is 2.96. The van der Waals surface area contributed by atoms with Crippen molar-refractivity contribution < 1.29 is 33.7 Å². The van der Waals surface area contributed by atoms with E-state index >= 15 is 0 Å². The van der Waals surface area contributed by atoms with Crippen LogP contribution in [0.2, 0.25) is 0 Å². The third-order valence-corrected chi connectivity index (χ3v) is 10.7. The largest absolute Gasteiger partial charge is 0.454 e. The van der Waals surface area contributed by atoms with Gasteiger partial charge < -0.3 is 19.3 Å². The first-order valence-electron chi connectivity index (χ1n) is 13.2. The van der Waals surface area contributed by atoms with Crippen LogP contribution >= 0.6 is 0 Å². The molecule has 4 heterocycles. The minimum atomic E-state index is -1.50. The summed E-state index contributed by atoms with van der Waals surface area (Å²) in [5.74, 6) is -2.80. The van der Waals surface area contributed by atoms with Crippen LogP contribution in [0.3, 0.4) is 0 Å². The van der Waals surface area contributed by atoms with Crippen molar-refractivity contribution in [1.29, 1.82) is 0 Å². The van der Waals surface area contributed by atoms with Crippen molar-refractivity contribution in [2.45, 2.75) is 109 Å². The van der Waals surface area contributed by atoms with Crippen LogP contribution < -0.4 is 0 Å². The third-order valence-electron chi connectivity index (χ3n) is 10.7. The maximum Gasteiger partial charge on any atom is 0.339 e. The average molecular weight is 485 g/mol. The van der Waals surface area contributed by atoms with Gasteiger partial charge in [0, 0.05) is 36.7 Å². The first-order valence-corrected chi connectivity index (χ1v) is 13.2. The predicted octanol–water partition coefficient (Wildman–Crippen LogP) is 3.92. The Kier molecular flexibility index (Phi) is 4.87. The van der Waals surface area contributed by atoms with Gasteiger partial charge >= 0.3 is 11.9 Å². The summed E-state index contributed by atoms with van der Waals surface area (Å²) in [6.07, 6.45) is 6.94. The zero-order chi connectivity index (χ0) is 25.0. The molecule has 0 aromatic carbocycles. The summed E-state index contributed by atoms with van der Waals surface area (Å²) in [7, 11) is 0. The van der Waals surface area contributed by atoms with Gasteiger partial charge in [-0.15, -0.1) is 0 Å². The lowest BCUT2D eigenvalue weighted by Crippen LogP contribution is -2.61. The van der Waals surface area contributed by atoms with Gasteiger partial charge in [0.15, 0.2) is 17.0 Å². The van der Waals surface area contributed by atoms with Crippen molar-refractivity contribution in [3.63, 3.8) is 0 Å². The molecular weight excluding hydrogens is 448 g/mol. The normalized spacial score (nSPS) is 49.3. The molecule has 7 heteroatoms. The number of hydrogen-bond acceptors (Lipinski definition) is 7. The second kappa shape index (κ2) is 7.28. The molecule has 6 rings (SSSR count). The molecule has 1 spiro atoms. The lowest BCUT2D eigenvalue weighted by molar-refractivity contribution is -0.319. The summed E-state index contributed by atoms with van der Waals surface area (Å²) in [4.78, 5) is 39.5. The van der Waals surface area contributed by atoms with E-state index in [1.807, 2.05) is 20.8 Å². The Morgan fingerprint density at radius 1 is 1.03 bits per heavy atom. The number of ether oxygens (including phenoxy) is 3. The lowest BCUT2D eigenvalue weighted by Gasteiger charge is -2.53. The van der Waals surface area contributed by atoms with Crippen molar-refractivity contribution in [2.24, 2.45) is 23.2 Å². The number of esters is 2. The standard InChI is InChI=1S/C28H36O7/c1-15-14-22(33-23(30)16(15)2)26(4)20-11-13-28(32)19-9-8-17-6-5-7-21(29)25(17,3)18(19)10-12-27(20,35-28)24(31)34-26/h8,18-20,22,32H,5-7,9-14H2,1-4H3/t18-,19+,20+,22+,25-,26+,27+,28+/m0/s1. The van der Waals surface area contributed by atoms with Crippen LogP contribution in [0, 0.1) is 23.2 Å². The Bertz CT molecular complexity index is 1090. The molecule has 8 atom stereocenters. The molecule has 0 aromatic rings. The third kappa shape index (κ3) is 2.88. The second-order valence-electron chi connectivity index (χ2n) is 12.2. The van der Waals surface area contributed by atoms with E-state index in [1.165, 1.54) is 5.57 Å². The Morgan fingerprint density at radius 3 is 2.54 bits per heavy atom. The quantitative estimate of drug-likeness (QED) is 0.445. The highest BCUT2D eigenvalue weighted by Crippen LogP contribution is 2.64. The molecule has 3 saturated heterocycles. The second-order valence-corrected chi connectivity index (χ2v) is 12.2. The van der Waals surface area contributed by atoms with E-state index in [2.05, 4.69) is 6.08 Å². The van der Waals surface area contributed by atoms with Gasteiger partial charge in [0.1, 0.15) is 11.9 Å². The number of allylic oxidation sites excluding steroid dienone is 2. The molecule has 2 aliphatic carbocycles. The molecule has 35 heavy (non-hydrogen) atoms. The first-order chi connectivity index (χ1) is 16.5. The number of hydrogen-bond donors (Lipinski definition) is 1. The highest BCUT2D eigenvalue weighted by Gasteiger charge is 2.73. The molecule has 4 fully saturated rings. The van der Waals surface area contributed by atoms with E-state index in [9.17, 15) is 19.5 Å². The van der Waals surface area contributed by atoms with Crippen LogP contribution in [0.5, 0.6) is 0 Å². The fourth-order valence-electron chi connectivity index (χ4n) is 8.47. The van der Waals surface area contributed by atoms with Crippen molar-refractivity contribution in [1.82, 2.24) is 0 Å². The zero-order valence-corrected chi connectivity index (χ0v) is 21.1. The SMILES string of the molecule is CC1=C(C)C(=O)O[C@@H]([C@]2(C)OC(=O)[C@@]34CC[C@H]5[C@@H](CC=C6CCCC(=O)[C@@]65C)[C@@](O)(CC[C@H]23)O4)C1. The van der Waals surface area contributed by atoms with Crippen molar-refractivity contribution in [2.75, 3.05) is 0 Å². The molecular formula is C28H36O7. The number of Topliss-reactive ketones (excluding diaryl/α,β-unsaturated/α-hetero) is 1. The Balaban J connectivity index is 1.38.